The number of halogens is 1. The summed E-state index contributed by atoms with van der Waals surface area (Å²) in [5, 5.41) is 4.27. The first kappa shape index (κ1) is 31.2. The van der Waals surface area contributed by atoms with Crippen LogP contribution in [0.4, 0.5) is 5.82 Å². The van der Waals surface area contributed by atoms with Crippen LogP contribution in [-0.4, -0.2) is 60.7 Å². The molecule has 2 aliphatic rings. The van der Waals surface area contributed by atoms with Gasteiger partial charge in [0.15, 0.2) is 16.7 Å². The van der Waals surface area contributed by atoms with Gasteiger partial charge in [-0.1, -0.05) is 65.8 Å². The number of methoxy groups -OCH3 is 2. The summed E-state index contributed by atoms with van der Waals surface area (Å²) in [6, 6.07) is 24.4. The Morgan fingerprint density at radius 1 is 0.911 bits per heavy atom. The number of hydrogen-bond donors (Lipinski definition) is 1. The molecule has 0 unspecified atom stereocenters. The van der Waals surface area contributed by atoms with Crippen molar-refractivity contribution in [1.82, 2.24) is 20.2 Å². The van der Waals surface area contributed by atoms with Crippen LogP contribution in [0.2, 0.25) is 5.15 Å². The number of likely N-dealkylation sites (tertiary alicyclic amines) is 1. The fraction of sp³-hybridized carbons (Fsp3) is 0.343. The molecule has 1 amide bonds. The standard InChI is InChI=1S/C35H38ClN5O3S/c1-43-30-18-26-11-16-41(22-28(26)19-31(30)44-2)33-20-32(36)38-35(39-33)45-23-25-9-6-10-27(17-25)34(42)37-29-12-14-40(15-13-29)21-24-7-4-3-5-8-24/h3-10,17-20,29H,11-16,21-23H2,1-2H3,(H,37,42). The zero-order valence-corrected chi connectivity index (χ0v) is 27.2. The first-order valence-corrected chi connectivity index (χ1v) is 16.7. The molecular weight excluding hydrogens is 606 g/mol. The minimum atomic E-state index is -0.0238. The van der Waals surface area contributed by atoms with Gasteiger partial charge in [-0.2, -0.15) is 0 Å². The molecule has 0 bridgehead atoms. The number of benzene rings is 3. The SMILES string of the molecule is COc1cc2c(cc1OC)CN(c1cc(Cl)nc(SCc3cccc(C(=O)NC4CCN(Cc5ccccc5)CC4)c3)n1)CC2. The van der Waals surface area contributed by atoms with Crippen LogP contribution < -0.4 is 19.7 Å². The number of piperidine rings is 1. The van der Waals surface area contributed by atoms with E-state index in [9.17, 15) is 4.79 Å². The van der Waals surface area contributed by atoms with Crippen molar-refractivity contribution >= 4 is 35.1 Å². The summed E-state index contributed by atoms with van der Waals surface area (Å²) in [4.78, 5) is 27.1. The highest BCUT2D eigenvalue weighted by atomic mass is 35.5. The van der Waals surface area contributed by atoms with Crippen LogP contribution in [-0.2, 0) is 25.3 Å². The average Bonchev–Trinajstić information content (AvgIpc) is 3.07. The predicted molar refractivity (Wildman–Crippen MR) is 180 cm³/mol. The molecule has 6 rings (SSSR count). The number of nitrogens with zero attached hydrogens (tertiary/aromatic N) is 4. The fourth-order valence-electron chi connectivity index (χ4n) is 5.99. The largest absolute Gasteiger partial charge is 0.493 e. The second-order valence-electron chi connectivity index (χ2n) is 11.5. The van der Waals surface area contributed by atoms with Crippen molar-refractivity contribution in [2.24, 2.45) is 0 Å². The van der Waals surface area contributed by atoms with Crippen molar-refractivity contribution in [2.75, 3.05) is 38.8 Å². The first-order chi connectivity index (χ1) is 22.0. The molecule has 4 aromatic rings. The second kappa shape index (κ2) is 14.5. The quantitative estimate of drug-likeness (QED) is 0.121. The topological polar surface area (TPSA) is 79.8 Å². The molecular formula is C35H38ClN5O3S. The van der Waals surface area contributed by atoms with Gasteiger partial charge in [-0.05, 0) is 65.8 Å². The second-order valence-corrected chi connectivity index (χ2v) is 12.8. The Hall–Kier alpha value is -3.79. The minimum Gasteiger partial charge on any atom is -0.493 e. The lowest BCUT2D eigenvalue weighted by molar-refractivity contribution is 0.0909. The molecule has 0 spiro atoms. The van der Waals surface area contributed by atoms with E-state index in [2.05, 4.69) is 50.4 Å². The molecule has 10 heteroatoms. The van der Waals surface area contributed by atoms with Gasteiger partial charge in [-0.25, -0.2) is 9.97 Å². The fourth-order valence-corrected chi connectivity index (χ4v) is 7.01. The van der Waals surface area contributed by atoms with Gasteiger partial charge in [0, 0.05) is 56.1 Å². The maximum absolute atomic E-state index is 13.1. The van der Waals surface area contributed by atoms with Gasteiger partial charge in [0.25, 0.3) is 5.91 Å². The summed E-state index contributed by atoms with van der Waals surface area (Å²) < 4.78 is 11.0. The molecule has 1 N–H and O–H groups in total. The summed E-state index contributed by atoms with van der Waals surface area (Å²) in [6.45, 7) is 4.41. The molecule has 1 aromatic heterocycles. The zero-order chi connectivity index (χ0) is 31.2. The normalized spacial score (nSPS) is 15.4. The van der Waals surface area contributed by atoms with Crippen molar-refractivity contribution in [2.45, 2.75) is 49.3 Å². The molecule has 3 heterocycles. The number of aromatic nitrogens is 2. The molecule has 0 radical (unpaired) electrons. The van der Waals surface area contributed by atoms with Gasteiger partial charge >= 0.3 is 0 Å². The Morgan fingerprint density at radius 3 is 2.40 bits per heavy atom. The van der Waals surface area contributed by atoms with Crippen LogP contribution in [0.25, 0.3) is 0 Å². The number of rotatable bonds is 10. The van der Waals surface area contributed by atoms with Gasteiger partial charge in [-0.15, -0.1) is 0 Å². The van der Waals surface area contributed by atoms with Crippen LogP contribution in [0.1, 0.15) is 45.5 Å². The molecule has 2 aliphatic heterocycles. The van der Waals surface area contributed by atoms with Gasteiger partial charge in [0.2, 0.25) is 0 Å². The number of carbonyl (C=O) groups is 1. The van der Waals surface area contributed by atoms with E-state index < -0.39 is 0 Å². The highest BCUT2D eigenvalue weighted by molar-refractivity contribution is 7.98. The van der Waals surface area contributed by atoms with Crippen molar-refractivity contribution in [3.63, 3.8) is 0 Å². The van der Waals surface area contributed by atoms with E-state index in [1.807, 2.05) is 42.5 Å². The lowest BCUT2D eigenvalue weighted by Gasteiger charge is -2.32. The van der Waals surface area contributed by atoms with Crippen LogP contribution in [0.3, 0.4) is 0 Å². The lowest BCUT2D eigenvalue weighted by Crippen LogP contribution is -2.44. The molecule has 8 nitrogen and oxygen atoms in total. The highest BCUT2D eigenvalue weighted by Crippen LogP contribution is 2.35. The molecule has 1 saturated heterocycles. The number of amides is 1. The van der Waals surface area contributed by atoms with E-state index in [4.69, 9.17) is 26.1 Å². The summed E-state index contributed by atoms with van der Waals surface area (Å²) in [5.41, 5.74) is 5.45. The van der Waals surface area contributed by atoms with Gasteiger partial charge in [0.05, 0.1) is 14.2 Å². The van der Waals surface area contributed by atoms with E-state index >= 15 is 0 Å². The molecule has 0 saturated carbocycles. The number of carbonyl (C=O) groups excluding carboxylic acids is 1. The van der Waals surface area contributed by atoms with E-state index in [1.54, 1.807) is 14.2 Å². The first-order valence-electron chi connectivity index (χ1n) is 15.3. The van der Waals surface area contributed by atoms with Gasteiger partial charge in [-0.3, -0.25) is 9.69 Å². The third-order valence-corrected chi connectivity index (χ3v) is 9.54. The van der Waals surface area contributed by atoms with Crippen molar-refractivity contribution < 1.29 is 14.3 Å². The number of ether oxygens (including phenoxy) is 2. The monoisotopic (exact) mass is 643 g/mol. The third-order valence-electron chi connectivity index (χ3n) is 8.43. The minimum absolute atomic E-state index is 0.0238. The Labute approximate surface area is 274 Å². The van der Waals surface area contributed by atoms with E-state index in [0.29, 0.717) is 28.2 Å². The van der Waals surface area contributed by atoms with Crippen LogP contribution in [0.5, 0.6) is 11.5 Å². The molecule has 0 aliphatic carbocycles. The Balaban J connectivity index is 1.04. The molecule has 1 fully saturated rings. The number of nitrogens with one attached hydrogen (secondary N) is 1. The smallest absolute Gasteiger partial charge is 0.251 e. The lowest BCUT2D eigenvalue weighted by atomic mass is 9.99. The summed E-state index contributed by atoms with van der Waals surface area (Å²) in [6.07, 6.45) is 2.77. The molecule has 45 heavy (non-hydrogen) atoms. The maximum Gasteiger partial charge on any atom is 0.251 e. The number of hydrogen-bond acceptors (Lipinski definition) is 8. The van der Waals surface area contributed by atoms with E-state index in [-0.39, 0.29) is 11.9 Å². The predicted octanol–water partition coefficient (Wildman–Crippen LogP) is 6.40. The van der Waals surface area contributed by atoms with Crippen molar-refractivity contribution in [3.8, 4) is 11.5 Å². The number of fused-ring (bicyclic) bond motifs is 1. The van der Waals surface area contributed by atoms with Crippen LogP contribution in [0, 0.1) is 0 Å². The maximum atomic E-state index is 13.1. The number of anilines is 1. The van der Waals surface area contributed by atoms with E-state index in [0.717, 1.165) is 68.3 Å². The molecule has 234 valence electrons. The van der Waals surface area contributed by atoms with Gasteiger partial charge in [0.1, 0.15) is 11.0 Å². The Bertz CT molecular complexity index is 1630. The summed E-state index contributed by atoms with van der Waals surface area (Å²) >= 11 is 7.98. The molecule has 3 aromatic carbocycles. The number of thioether (sulfide) groups is 1. The van der Waals surface area contributed by atoms with Crippen molar-refractivity contribution in [3.05, 3.63) is 106 Å². The van der Waals surface area contributed by atoms with Gasteiger partial charge < -0.3 is 19.7 Å². The summed E-state index contributed by atoms with van der Waals surface area (Å²) in [5.74, 6) is 2.86. The van der Waals surface area contributed by atoms with Crippen LogP contribution >= 0.6 is 23.4 Å². The highest BCUT2D eigenvalue weighted by Gasteiger charge is 2.23. The van der Waals surface area contributed by atoms with Crippen LogP contribution in [0.15, 0.2) is 78.0 Å². The summed E-state index contributed by atoms with van der Waals surface area (Å²) in [7, 11) is 3.31. The van der Waals surface area contributed by atoms with E-state index in [1.165, 1.54) is 28.5 Å². The average molecular weight is 644 g/mol. The molecule has 0 atom stereocenters. The Kier molecular flexibility index (Phi) is 10.1. The Morgan fingerprint density at radius 2 is 1.64 bits per heavy atom. The zero-order valence-electron chi connectivity index (χ0n) is 25.7. The van der Waals surface area contributed by atoms with Crippen molar-refractivity contribution in [1.29, 1.82) is 0 Å². The third kappa shape index (κ3) is 7.90.